The van der Waals surface area contributed by atoms with Crippen LogP contribution >= 0.6 is 11.6 Å². The molecule has 0 saturated heterocycles. The minimum absolute atomic E-state index is 0.0745. The molecule has 2 aromatic heterocycles. The third-order valence-corrected chi connectivity index (χ3v) is 6.98. The molecule has 1 aliphatic carbocycles. The Labute approximate surface area is 193 Å². The summed E-state index contributed by atoms with van der Waals surface area (Å²) in [5.41, 5.74) is 1.33. The van der Waals surface area contributed by atoms with Crippen molar-refractivity contribution in [1.82, 2.24) is 14.3 Å². The zero-order chi connectivity index (χ0) is 23.1. The molecule has 3 heterocycles. The zero-order valence-electron chi connectivity index (χ0n) is 18.1. The van der Waals surface area contributed by atoms with Gasteiger partial charge in [0.1, 0.15) is 11.2 Å². The minimum Gasteiger partial charge on any atom is -0.294 e. The van der Waals surface area contributed by atoms with Crippen molar-refractivity contribution in [2.24, 2.45) is 5.41 Å². The lowest BCUT2D eigenvalue weighted by Crippen LogP contribution is -2.37. The first-order valence-electron chi connectivity index (χ1n) is 10.9. The molecule has 0 saturated carbocycles. The molecule has 4 aromatic rings. The molecule has 0 fully saturated rings. The molecular weight excluding hydrogens is 438 g/mol. The number of carbonyl (C=O) groups is 1. The van der Waals surface area contributed by atoms with Crippen molar-refractivity contribution in [3.63, 3.8) is 0 Å². The van der Waals surface area contributed by atoms with Crippen molar-refractivity contribution in [3.8, 4) is 0 Å². The normalized spacial score (nSPS) is 19.2. The Morgan fingerprint density at radius 1 is 0.939 bits per heavy atom. The highest BCUT2D eigenvalue weighted by Crippen LogP contribution is 2.47. The van der Waals surface area contributed by atoms with E-state index >= 15 is 0 Å². The second kappa shape index (κ2) is 6.75. The average Bonchev–Trinajstić information content (AvgIpc) is 3.11. The van der Waals surface area contributed by atoms with Gasteiger partial charge in [0.15, 0.2) is 5.78 Å². The number of ketones is 1. The van der Waals surface area contributed by atoms with Gasteiger partial charge in [-0.05, 0) is 36.1 Å². The monoisotopic (exact) mass is 457 g/mol. The summed E-state index contributed by atoms with van der Waals surface area (Å²) in [6.07, 6.45) is 0.832. The fourth-order valence-electron chi connectivity index (χ4n) is 5.28. The van der Waals surface area contributed by atoms with E-state index in [9.17, 15) is 14.4 Å². The van der Waals surface area contributed by atoms with Gasteiger partial charge in [-0.2, -0.15) is 0 Å². The van der Waals surface area contributed by atoms with Crippen LogP contribution in [0.3, 0.4) is 0 Å². The Balaban J connectivity index is 1.76. The number of Topliss-reactive ketones (excluding diaryl/α,β-unsaturated/α-hetero) is 1. The number of pyridine rings is 1. The Morgan fingerprint density at radius 2 is 1.61 bits per heavy atom. The quantitative estimate of drug-likeness (QED) is 0.392. The maximum Gasteiger partial charge on any atom is 0.277 e. The van der Waals surface area contributed by atoms with E-state index in [0.717, 1.165) is 10.9 Å². The fourth-order valence-corrected chi connectivity index (χ4v) is 5.53. The summed E-state index contributed by atoms with van der Waals surface area (Å²) in [5, 5.41) is 1.71. The molecular formula is C26H20ClN3O3. The molecule has 1 aliphatic heterocycles. The molecule has 6 rings (SSSR count). The second-order valence-corrected chi connectivity index (χ2v) is 9.94. The van der Waals surface area contributed by atoms with Crippen LogP contribution in [0.1, 0.15) is 38.3 Å². The van der Waals surface area contributed by atoms with Crippen LogP contribution in [-0.4, -0.2) is 20.1 Å². The van der Waals surface area contributed by atoms with Crippen LogP contribution < -0.4 is 11.1 Å². The molecule has 0 amide bonds. The molecule has 0 radical (unpaired) electrons. The van der Waals surface area contributed by atoms with Crippen LogP contribution in [0.15, 0.2) is 69.8 Å². The second-order valence-electron chi connectivity index (χ2n) is 9.58. The van der Waals surface area contributed by atoms with Crippen LogP contribution in [0.5, 0.6) is 0 Å². The van der Waals surface area contributed by atoms with E-state index in [1.54, 1.807) is 24.3 Å². The maximum atomic E-state index is 13.7. The number of carbonyl (C=O) groups excluding carboxylic acids is 1. The standard InChI is InChI=1S/C26H20ClN3O3/c1-26(2)12-19-21(20(31)13-26)22(17-11-14-7-3-6-10-18(14)28-23(17)27)30-25(33)16-9-5-4-8-15(16)24(32)29(19)30/h3-11,22H,12-13H2,1-2H3. The van der Waals surface area contributed by atoms with Gasteiger partial charge in [-0.1, -0.05) is 55.8 Å². The number of benzene rings is 2. The topological polar surface area (TPSA) is 74.0 Å². The zero-order valence-corrected chi connectivity index (χ0v) is 18.9. The van der Waals surface area contributed by atoms with Gasteiger partial charge in [-0.25, -0.2) is 14.3 Å². The molecule has 6 nitrogen and oxygen atoms in total. The van der Waals surface area contributed by atoms with Crippen molar-refractivity contribution in [1.29, 1.82) is 0 Å². The highest BCUT2D eigenvalue weighted by Gasteiger charge is 2.45. The lowest BCUT2D eigenvalue weighted by atomic mass is 9.74. The third-order valence-electron chi connectivity index (χ3n) is 6.67. The predicted molar refractivity (Wildman–Crippen MR) is 129 cm³/mol. The number of nitrogens with zero attached hydrogens (tertiary/aromatic N) is 3. The number of aromatic nitrogens is 3. The predicted octanol–water partition coefficient (Wildman–Crippen LogP) is 4.57. The van der Waals surface area contributed by atoms with E-state index < -0.39 is 6.04 Å². The third kappa shape index (κ3) is 2.80. The van der Waals surface area contributed by atoms with Gasteiger partial charge in [-0.15, -0.1) is 0 Å². The molecule has 33 heavy (non-hydrogen) atoms. The first-order chi connectivity index (χ1) is 15.8. The van der Waals surface area contributed by atoms with Crippen LogP contribution in [0.2, 0.25) is 5.15 Å². The summed E-state index contributed by atoms with van der Waals surface area (Å²) < 4.78 is 2.82. The highest BCUT2D eigenvalue weighted by atomic mass is 35.5. The first kappa shape index (κ1) is 20.1. The Kier molecular flexibility index (Phi) is 4.11. The maximum absolute atomic E-state index is 13.7. The van der Waals surface area contributed by atoms with Gasteiger partial charge in [0, 0.05) is 22.9 Å². The van der Waals surface area contributed by atoms with Gasteiger partial charge >= 0.3 is 0 Å². The summed E-state index contributed by atoms with van der Waals surface area (Å²) in [5.74, 6) is -0.0745. The van der Waals surface area contributed by atoms with Gasteiger partial charge in [0.25, 0.3) is 11.1 Å². The molecule has 7 heteroatoms. The SMILES string of the molecule is CC1(C)CC(=O)C2=C(C1)n1c(=O)c3ccccc3c(=O)n1C2c1cc2ccccc2nc1Cl. The minimum atomic E-state index is -0.807. The molecule has 0 bridgehead atoms. The number of fused-ring (bicyclic) bond motifs is 4. The van der Waals surface area contributed by atoms with Crippen molar-refractivity contribution in [2.75, 3.05) is 0 Å². The molecule has 164 valence electrons. The van der Waals surface area contributed by atoms with Crippen LogP contribution in [0.4, 0.5) is 0 Å². The first-order valence-corrected chi connectivity index (χ1v) is 11.2. The van der Waals surface area contributed by atoms with E-state index in [1.165, 1.54) is 9.36 Å². The molecule has 0 spiro atoms. The van der Waals surface area contributed by atoms with Gasteiger partial charge in [-0.3, -0.25) is 14.4 Å². The van der Waals surface area contributed by atoms with E-state index in [1.807, 2.05) is 44.2 Å². The largest absolute Gasteiger partial charge is 0.294 e. The molecule has 2 aliphatic rings. The molecule has 1 atom stereocenters. The number of para-hydroxylation sites is 1. The highest BCUT2D eigenvalue weighted by molar-refractivity contribution is 6.30. The van der Waals surface area contributed by atoms with Crippen LogP contribution in [0, 0.1) is 5.41 Å². The lowest BCUT2D eigenvalue weighted by Gasteiger charge is -2.30. The fraction of sp³-hybridized carbons (Fsp3) is 0.231. The average molecular weight is 458 g/mol. The summed E-state index contributed by atoms with van der Waals surface area (Å²) in [6, 6.07) is 15.4. The van der Waals surface area contributed by atoms with E-state index in [-0.39, 0.29) is 27.5 Å². The molecule has 0 N–H and O–H groups in total. The Bertz CT molecular complexity index is 1680. The lowest BCUT2D eigenvalue weighted by molar-refractivity contribution is -0.118. The number of hydrogen-bond donors (Lipinski definition) is 0. The summed E-state index contributed by atoms with van der Waals surface area (Å²) >= 11 is 6.65. The molecule has 2 aromatic carbocycles. The Morgan fingerprint density at radius 3 is 2.36 bits per heavy atom. The smallest absolute Gasteiger partial charge is 0.277 e. The van der Waals surface area contributed by atoms with E-state index in [2.05, 4.69) is 4.98 Å². The van der Waals surface area contributed by atoms with Crippen molar-refractivity contribution < 1.29 is 4.79 Å². The summed E-state index contributed by atoms with van der Waals surface area (Å²) in [7, 11) is 0. The number of allylic oxidation sites excluding steroid dienone is 2. The van der Waals surface area contributed by atoms with E-state index in [4.69, 9.17) is 11.6 Å². The van der Waals surface area contributed by atoms with Crippen LogP contribution in [0.25, 0.3) is 27.4 Å². The van der Waals surface area contributed by atoms with Gasteiger partial charge < -0.3 is 0 Å². The van der Waals surface area contributed by atoms with Gasteiger partial charge in [0.2, 0.25) is 0 Å². The summed E-state index contributed by atoms with van der Waals surface area (Å²) in [6.45, 7) is 4.00. The summed E-state index contributed by atoms with van der Waals surface area (Å²) in [4.78, 5) is 45.4. The number of rotatable bonds is 1. The molecule has 1 unspecified atom stereocenters. The Hall–Kier alpha value is -3.51. The van der Waals surface area contributed by atoms with Crippen molar-refractivity contribution in [2.45, 2.75) is 32.7 Å². The number of halogens is 1. The van der Waals surface area contributed by atoms with Crippen molar-refractivity contribution >= 4 is 44.8 Å². The van der Waals surface area contributed by atoms with Crippen LogP contribution in [-0.2, 0) is 4.79 Å². The van der Waals surface area contributed by atoms with Crippen molar-refractivity contribution in [3.05, 3.63) is 91.6 Å². The van der Waals surface area contributed by atoms with Gasteiger partial charge in [0.05, 0.1) is 22.0 Å². The van der Waals surface area contributed by atoms with E-state index in [0.29, 0.717) is 40.4 Å². The number of hydrogen-bond acceptors (Lipinski definition) is 4.